The van der Waals surface area contributed by atoms with Crippen LogP contribution in [0.15, 0.2) is 76.4 Å². The summed E-state index contributed by atoms with van der Waals surface area (Å²) >= 11 is 6.03. The molecule has 4 rings (SSSR count). The van der Waals surface area contributed by atoms with Crippen LogP contribution in [0.3, 0.4) is 0 Å². The summed E-state index contributed by atoms with van der Waals surface area (Å²) in [5, 5.41) is 9.88. The minimum Gasteiger partial charge on any atom is -0.467 e. The van der Waals surface area contributed by atoms with Crippen molar-refractivity contribution in [1.29, 1.82) is 0 Å². The molecule has 8 heteroatoms. The molecule has 176 valence electrons. The normalized spacial score (nSPS) is 15.2. The first-order valence-corrected chi connectivity index (χ1v) is 11.7. The van der Waals surface area contributed by atoms with Crippen molar-refractivity contribution >= 4 is 34.8 Å². The number of para-hydroxylation sites is 1. The van der Waals surface area contributed by atoms with Crippen LogP contribution >= 0.6 is 11.6 Å². The summed E-state index contributed by atoms with van der Waals surface area (Å²) in [6.07, 6.45) is 2.11. The van der Waals surface area contributed by atoms with Crippen molar-refractivity contribution in [2.45, 2.75) is 26.3 Å². The Bertz CT molecular complexity index is 1170. The molecule has 2 amide bonds. The summed E-state index contributed by atoms with van der Waals surface area (Å²) in [4.78, 5) is 27.9. The molecule has 7 nitrogen and oxygen atoms in total. The van der Waals surface area contributed by atoms with Gasteiger partial charge in [-0.15, -0.1) is 0 Å². The van der Waals surface area contributed by atoms with E-state index >= 15 is 0 Å². The Morgan fingerprint density at radius 2 is 1.82 bits per heavy atom. The molecule has 1 aliphatic rings. The second-order valence-corrected chi connectivity index (χ2v) is 8.34. The molecule has 1 atom stereocenters. The average Bonchev–Trinajstić information content (AvgIpc) is 3.54. The van der Waals surface area contributed by atoms with E-state index in [1.54, 1.807) is 41.5 Å². The van der Waals surface area contributed by atoms with Gasteiger partial charge in [0.05, 0.1) is 24.1 Å². The zero-order chi connectivity index (χ0) is 24.1. The van der Waals surface area contributed by atoms with E-state index in [-0.39, 0.29) is 24.4 Å². The predicted molar refractivity (Wildman–Crippen MR) is 133 cm³/mol. The molecule has 0 aliphatic carbocycles. The summed E-state index contributed by atoms with van der Waals surface area (Å²) in [7, 11) is 0. The summed E-state index contributed by atoms with van der Waals surface area (Å²) in [6, 6.07) is 17.9. The molecule has 0 saturated heterocycles. The first-order chi connectivity index (χ1) is 16.5. The predicted octanol–water partition coefficient (Wildman–Crippen LogP) is 5.20. The third-order valence-electron chi connectivity index (χ3n) is 5.85. The monoisotopic (exact) mass is 478 g/mol. The number of anilines is 1. The summed E-state index contributed by atoms with van der Waals surface area (Å²) in [5.74, 6) is 0.367. The van der Waals surface area contributed by atoms with Gasteiger partial charge >= 0.3 is 0 Å². The SMILES string of the molecule is CCN(CC)C(=O)c1ccccc1NCC(=O)N1N=C(c2ccc(Cl)cc2)CC1c1ccco1. The number of nitrogens with zero attached hydrogens (tertiary/aromatic N) is 3. The standard InChI is InChI=1S/C26H27ClN4O3/c1-3-30(4-2)26(33)20-8-5-6-9-21(20)28-17-25(32)31-23(24-10-7-15-34-24)16-22(29-31)18-11-13-19(27)14-12-18/h5-15,23,28H,3-4,16-17H2,1-2H3. The smallest absolute Gasteiger partial charge is 0.262 e. The molecule has 0 saturated carbocycles. The lowest BCUT2D eigenvalue weighted by molar-refractivity contribution is -0.131. The Kier molecular flexibility index (Phi) is 7.33. The average molecular weight is 479 g/mol. The third-order valence-corrected chi connectivity index (χ3v) is 6.11. The summed E-state index contributed by atoms with van der Waals surface area (Å²) in [6.45, 7) is 5.10. The molecular weight excluding hydrogens is 452 g/mol. The number of hydrogen-bond donors (Lipinski definition) is 1. The van der Waals surface area contributed by atoms with Gasteiger partial charge in [0.2, 0.25) is 0 Å². The molecule has 0 bridgehead atoms. The first kappa shape index (κ1) is 23.6. The van der Waals surface area contributed by atoms with E-state index in [0.717, 1.165) is 11.3 Å². The van der Waals surface area contributed by atoms with Crippen LogP contribution in [0.1, 0.15) is 48.0 Å². The molecule has 34 heavy (non-hydrogen) atoms. The largest absolute Gasteiger partial charge is 0.467 e. The van der Waals surface area contributed by atoms with E-state index in [0.29, 0.717) is 41.5 Å². The Hall–Kier alpha value is -3.58. The Labute approximate surface area is 204 Å². The number of amides is 2. The Morgan fingerprint density at radius 1 is 1.09 bits per heavy atom. The number of benzene rings is 2. The number of hydrogen-bond acceptors (Lipinski definition) is 5. The van der Waals surface area contributed by atoms with Crippen molar-refractivity contribution in [2.75, 3.05) is 25.0 Å². The van der Waals surface area contributed by atoms with Crippen LogP contribution in [0.25, 0.3) is 0 Å². The van der Waals surface area contributed by atoms with Crippen molar-refractivity contribution in [1.82, 2.24) is 9.91 Å². The van der Waals surface area contributed by atoms with Crippen LogP contribution in [-0.2, 0) is 4.79 Å². The van der Waals surface area contributed by atoms with E-state index in [2.05, 4.69) is 10.4 Å². The first-order valence-electron chi connectivity index (χ1n) is 11.3. The van der Waals surface area contributed by atoms with Crippen molar-refractivity contribution in [3.8, 4) is 0 Å². The fraction of sp³-hybridized carbons (Fsp3) is 0.269. The van der Waals surface area contributed by atoms with Crippen molar-refractivity contribution in [3.05, 3.63) is 88.8 Å². The maximum atomic E-state index is 13.3. The number of carbonyl (C=O) groups excluding carboxylic acids is 2. The maximum Gasteiger partial charge on any atom is 0.262 e. The van der Waals surface area contributed by atoms with Crippen LogP contribution in [-0.4, -0.2) is 47.1 Å². The van der Waals surface area contributed by atoms with Gasteiger partial charge in [-0.25, -0.2) is 5.01 Å². The van der Waals surface area contributed by atoms with Gasteiger partial charge in [0.25, 0.3) is 11.8 Å². The van der Waals surface area contributed by atoms with Crippen molar-refractivity contribution < 1.29 is 14.0 Å². The van der Waals surface area contributed by atoms with Gasteiger partial charge in [-0.05, 0) is 55.8 Å². The highest BCUT2D eigenvalue weighted by molar-refractivity contribution is 6.30. The second-order valence-electron chi connectivity index (χ2n) is 7.90. The fourth-order valence-electron chi connectivity index (χ4n) is 4.02. The lowest BCUT2D eigenvalue weighted by Crippen LogP contribution is -2.33. The zero-order valence-corrected chi connectivity index (χ0v) is 20.0. The van der Waals surface area contributed by atoms with Crippen molar-refractivity contribution in [3.63, 3.8) is 0 Å². The lowest BCUT2D eigenvalue weighted by atomic mass is 10.0. The topological polar surface area (TPSA) is 78.2 Å². The highest BCUT2D eigenvalue weighted by atomic mass is 35.5. The van der Waals surface area contributed by atoms with Gasteiger partial charge in [0, 0.05) is 30.2 Å². The molecule has 1 unspecified atom stereocenters. The molecule has 1 aromatic heterocycles. The van der Waals surface area contributed by atoms with Crippen LogP contribution in [0.2, 0.25) is 5.02 Å². The minimum atomic E-state index is -0.345. The second kappa shape index (κ2) is 10.6. The Balaban J connectivity index is 1.54. The minimum absolute atomic E-state index is 0.0167. The highest BCUT2D eigenvalue weighted by Gasteiger charge is 2.34. The number of rotatable bonds is 8. The van der Waals surface area contributed by atoms with Crippen LogP contribution in [0.5, 0.6) is 0 Å². The number of carbonyl (C=O) groups is 2. The molecular formula is C26H27ClN4O3. The van der Waals surface area contributed by atoms with Gasteiger partial charge in [0.15, 0.2) is 0 Å². The van der Waals surface area contributed by atoms with Crippen LogP contribution in [0, 0.1) is 0 Å². The quantitative estimate of drug-likeness (QED) is 0.482. The molecule has 3 aromatic rings. The van der Waals surface area contributed by atoms with E-state index in [9.17, 15) is 9.59 Å². The lowest BCUT2D eigenvalue weighted by Gasteiger charge is -2.22. The highest BCUT2D eigenvalue weighted by Crippen LogP contribution is 2.33. The molecule has 1 aliphatic heterocycles. The molecule has 2 aromatic carbocycles. The van der Waals surface area contributed by atoms with Gasteiger partial charge in [-0.2, -0.15) is 5.10 Å². The maximum absolute atomic E-state index is 13.3. The molecule has 0 spiro atoms. The van der Waals surface area contributed by atoms with E-state index in [1.807, 2.05) is 44.2 Å². The molecule has 2 heterocycles. The van der Waals surface area contributed by atoms with Crippen molar-refractivity contribution in [2.24, 2.45) is 5.10 Å². The summed E-state index contributed by atoms with van der Waals surface area (Å²) in [5.41, 5.74) is 2.83. The number of furan rings is 1. The number of nitrogens with one attached hydrogen (secondary N) is 1. The van der Waals surface area contributed by atoms with Gasteiger partial charge in [-0.3, -0.25) is 9.59 Å². The third kappa shape index (κ3) is 4.99. The van der Waals surface area contributed by atoms with Gasteiger partial charge in [-0.1, -0.05) is 35.9 Å². The number of hydrazone groups is 1. The molecule has 0 radical (unpaired) electrons. The van der Waals surface area contributed by atoms with E-state index < -0.39 is 0 Å². The van der Waals surface area contributed by atoms with Crippen LogP contribution in [0.4, 0.5) is 5.69 Å². The van der Waals surface area contributed by atoms with Gasteiger partial charge in [0.1, 0.15) is 11.8 Å². The molecule has 0 fully saturated rings. The summed E-state index contributed by atoms with van der Waals surface area (Å²) < 4.78 is 5.61. The Morgan fingerprint density at radius 3 is 2.50 bits per heavy atom. The molecule has 1 N–H and O–H groups in total. The fourth-order valence-corrected chi connectivity index (χ4v) is 4.14. The zero-order valence-electron chi connectivity index (χ0n) is 19.2. The van der Waals surface area contributed by atoms with E-state index in [4.69, 9.17) is 16.0 Å². The van der Waals surface area contributed by atoms with E-state index in [1.165, 1.54) is 5.01 Å². The van der Waals surface area contributed by atoms with Gasteiger partial charge < -0.3 is 14.6 Å². The van der Waals surface area contributed by atoms with Crippen LogP contribution < -0.4 is 5.32 Å². The number of halogens is 1.